The molecule has 13 heavy (non-hydrogen) atoms. The molecule has 0 aliphatic heterocycles. The first-order valence-corrected chi connectivity index (χ1v) is 3.91. The molecule has 0 N–H and O–H groups in total. The van der Waals surface area contributed by atoms with Crippen molar-refractivity contribution >= 4 is 11.3 Å². The maximum Gasteiger partial charge on any atom is 0.151 e. The average Bonchev–Trinajstić information content (AvgIpc) is 2.08. The molecule has 2 nitrogen and oxygen atoms in total. The van der Waals surface area contributed by atoms with E-state index in [0.29, 0.717) is 5.56 Å². The van der Waals surface area contributed by atoms with Gasteiger partial charge >= 0.3 is 0 Å². The van der Waals surface area contributed by atoms with E-state index in [-0.39, 0.29) is 11.5 Å². The molecule has 0 aromatic heterocycles. The van der Waals surface area contributed by atoms with Gasteiger partial charge < -0.3 is 0 Å². The number of hydrogen-bond donors (Lipinski definition) is 0. The minimum absolute atomic E-state index is 0.262. The molecule has 1 aromatic rings. The van der Waals surface area contributed by atoms with Crippen LogP contribution in [0.15, 0.2) is 35.0 Å². The molecule has 0 saturated heterocycles. The quantitative estimate of drug-likeness (QED) is 0.618. The monoisotopic (exact) mass is 178 g/mol. The number of halogens is 1. The molecule has 0 bridgehead atoms. The Morgan fingerprint density at radius 2 is 2.15 bits per heavy atom. The number of hydrogen-bond acceptors (Lipinski definition) is 2. The van der Waals surface area contributed by atoms with Gasteiger partial charge in [0.15, 0.2) is 5.82 Å². The van der Waals surface area contributed by atoms with E-state index in [1.54, 1.807) is 12.1 Å². The van der Waals surface area contributed by atoms with Crippen LogP contribution in [-0.2, 0) is 0 Å². The normalized spacial score (nSPS) is 10.7. The van der Waals surface area contributed by atoms with Crippen molar-refractivity contribution in [3.05, 3.63) is 36.2 Å². The second-order valence-electron chi connectivity index (χ2n) is 2.72. The smallest absolute Gasteiger partial charge is 0.151 e. The largest absolute Gasteiger partial charge is 0.205 e. The highest BCUT2D eigenvalue weighted by atomic mass is 19.1. The van der Waals surface area contributed by atoms with Gasteiger partial charge in [-0.1, -0.05) is 18.7 Å². The molecule has 0 spiro atoms. The molecule has 0 amide bonds. The van der Waals surface area contributed by atoms with E-state index in [9.17, 15) is 4.39 Å². The lowest BCUT2D eigenvalue weighted by molar-refractivity contribution is 0.627. The highest BCUT2D eigenvalue weighted by molar-refractivity contribution is 5.71. The first kappa shape index (κ1) is 9.58. The van der Waals surface area contributed by atoms with Crippen LogP contribution in [0.25, 0.3) is 5.57 Å². The van der Waals surface area contributed by atoms with E-state index >= 15 is 0 Å². The molecule has 0 saturated carbocycles. The Hall–Kier alpha value is -1.51. The van der Waals surface area contributed by atoms with Crippen molar-refractivity contribution in [2.24, 2.45) is 10.2 Å². The molecule has 1 rings (SSSR count). The molecule has 3 heteroatoms. The van der Waals surface area contributed by atoms with E-state index in [0.717, 1.165) is 5.57 Å². The third-order valence-electron chi connectivity index (χ3n) is 1.65. The fourth-order valence-corrected chi connectivity index (χ4v) is 1.06. The molecular formula is C10H11FN2. The third-order valence-corrected chi connectivity index (χ3v) is 1.65. The minimum Gasteiger partial charge on any atom is -0.205 e. The lowest BCUT2D eigenvalue weighted by atomic mass is 10.1. The standard InChI is InChI=1S/C10H11FN2/c1-7(2)8-5-4-6-9(11)10(8)13-12-3/h4-6H,1H2,2-3H3. The van der Waals surface area contributed by atoms with Gasteiger partial charge in [0.1, 0.15) is 5.69 Å². The average molecular weight is 178 g/mol. The summed E-state index contributed by atoms with van der Waals surface area (Å²) in [6, 6.07) is 4.76. The molecule has 0 radical (unpaired) electrons. The van der Waals surface area contributed by atoms with Crippen LogP contribution in [0.3, 0.4) is 0 Å². The lowest BCUT2D eigenvalue weighted by Crippen LogP contribution is -1.83. The summed E-state index contributed by atoms with van der Waals surface area (Å²) in [6.45, 7) is 5.55. The first-order valence-electron chi connectivity index (χ1n) is 3.91. The van der Waals surface area contributed by atoms with Crippen molar-refractivity contribution in [2.45, 2.75) is 6.92 Å². The Labute approximate surface area is 76.8 Å². The van der Waals surface area contributed by atoms with E-state index in [1.165, 1.54) is 13.1 Å². The third kappa shape index (κ3) is 1.99. The van der Waals surface area contributed by atoms with Crippen LogP contribution in [0.2, 0.25) is 0 Å². The second-order valence-corrected chi connectivity index (χ2v) is 2.72. The molecule has 1 aromatic carbocycles. The van der Waals surface area contributed by atoms with Gasteiger partial charge in [-0.2, -0.15) is 10.2 Å². The maximum atomic E-state index is 13.2. The Balaban J connectivity index is 3.33. The van der Waals surface area contributed by atoms with Gasteiger partial charge in [-0.25, -0.2) is 4.39 Å². The van der Waals surface area contributed by atoms with Gasteiger partial charge in [-0.15, -0.1) is 0 Å². The topological polar surface area (TPSA) is 24.7 Å². The van der Waals surface area contributed by atoms with Crippen molar-refractivity contribution in [1.29, 1.82) is 0 Å². The molecule has 0 heterocycles. The van der Waals surface area contributed by atoms with Crippen LogP contribution >= 0.6 is 0 Å². The van der Waals surface area contributed by atoms with E-state index in [2.05, 4.69) is 16.8 Å². The first-order chi connectivity index (χ1) is 6.16. The zero-order valence-electron chi connectivity index (χ0n) is 7.71. The zero-order chi connectivity index (χ0) is 9.84. The summed E-state index contributed by atoms with van der Waals surface area (Å²) in [5.41, 5.74) is 1.74. The Morgan fingerprint density at radius 3 is 2.69 bits per heavy atom. The Morgan fingerprint density at radius 1 is 1.46 bits per heavy atom. The van der Waals surface area contributed by atoms with Gasteiger partial charge in [-0.05, 0) is 18.6 Å². The van der Waals surface area contributed by atoms with Crippen LogP contribution in [0.5, 0.6) is 0 Å². The number of azo groups is 1. The number of rotatable bonds is 2. The van der Waals surface area contributed by atoms with E-state index in [4.69, 9.17) is 0 Å². The van der Waals surface area contributed by atoms with Crippen molar-refractivity contribution < 1.29 is 4.39 Å². The predicted molar refractivity (Wildman–Crippen MR) is 51.5 cm³/mol. The van der Waals surface area contributed by atoms with Crippen molar-refractivity contribution in [1.82, 2.24) is 0 Å². The number of allylic oxidation sites excluding steroid dienone is 1. The van der Waals surface area contributed by atoms with Gasteiger partial charge in [0.25, 0.3) is 0 Å². The minimum atomic E-state index is -0.369. The van der Waals surface area contributed by atoms with Crippen molar-refractivity contribution in [3.63, 3.8) is 0 Å². The second kappa shape index (κ2) is 3.94. The predicted octanol–water partition coefficient (Wildman–Crippen LogP) is 3.57. The summed E-state index contributed by atoms with van der Waals surface area (Å²) in [5.74, 6) is -0.369. The summed E-state index contributed by atoms with van der Waals surface area (Å²) in [6.07, 6.45) is 0. The lowest BCUT2D eigenvalue weighted by Gasteiger charge is -2.03. The molecule has 0 unspecified atom stereocenters. The highest BCUT2D eigenvalue weighted by Crippen LogP contribution is 2.28. The van der Waals surface area contributed by atoms with Gasteiger partial charge in [0.2, 0.25) is 0 Å². The van der Waals surface area contributed by atoms with Crippen LogP contribution < -0.4 is 0 Å². The van der Waals surface area contributed by atoms with Crippen molar-refractivity contribution in [2.75, 3.05) is 7.05 Å². The number of nitrogens with zero attached hydrogens (tertiary/aromatic N) is 2. The summed E-state index contributed by atoms with van der Waals surface area (Å²) >= 11 is 0. The SMILES string of the molecule is C=C(C)c1cccc(F)c1N=NC. The molecule has 0 aliphatic carbocycles. The zero-order valence-corrected chi connectivity index (χ0v) is 7.71. The van der Waals surface area contributed by atoms with Gasteiger partial charge in [-0.3, -0.25) is 0 Å². The molecule has 0 atom stereocenters. The highest BCUT2D eigenvalue weighted by Gasteiger charge is 2.07. The van der Waals surface area contributed by atoms with E-state index < -0.39 is 0 Å². The van der Waals surface area contributed by atoms with E-state index in [1.807, 2.05) is 6.92 Å². The van der Waals surface area contributed by atoms with Gasteiger partial charge in [0, 0.05) is 12.6 Å². The fourth-order valence-electron chi connectivity index (χ4n) is 1.06. The Bertz CT molecular complexity index is 356. The van der Waals surface area contributed by atoms with Crippen LogP contribution in [0, 0.1) is 5.82 Å². The van der Waals surface area contributed by atoms with Crippen LogP contribution in [0.1, 0.15) is 12.5 Å². The summed E-state index contributed by atoms with van der Waals surface area (Å²) in [4.78, 5) is 0. The maximum absolute atomic E-state index is 13.2. The van der Waals surface area contributed by atoms with Crippen LogP contribution in [-0.4, -0.2) is 7.05 Å². The Kier molecular flexibility index (Phi) is 2.90. The summed E-state index contributed by atoms with van der Waals surface area (Å²) < 4.78 is 13.2. The van der Waals surface area contributed by atoms with Crippen molar-refractivity contribution in [3.8, 4) is 0 Å². The molecule has 0 fully saturated rings. The molecule has 0 aliphatic rings. The van der Waals surface area contributed by atoms with Crippen LogP contribution in [0.4, 0.5) is 10.1 Å². The summed E-state index contributed by atoms with van der Waals surface area (Å²) in [7, 11) is 1.51. The number of benzene rings is 1. The van der Waals surface area contributed by atoms with Gasteiger partial charge in [0.05, 0.1) is 0 Å². The fraction of sp³-hybridized carbons (Fsp3) is 0.200. The summed E-state index contributed by atoms with van der Waals surface area (Å²) in [5, 5.41) is 7.27. The molecular weight excluding hydrogens is 167 g/mol. The molecule has 68 valence electrons.